The number of halogens is 1. The van der Waals surface area contributed by atoms with Gasteiger partial charge in [0.1, 0.15) is 0 Å². The summed E-state index contributed by atoms with van der Waals surface area (Å²) in [5, 5.41) is 0. The lowest BCUT2D eigenvalue weighted by atomic mass is 10.2. The fourth-order valence-corrected chi connectivity index (χ4v) is 1.13. The monoisotopic (exact) mass is 216 g/mol. The van der Waals surface area contributed by atoms with Gasteiger partial charge in [0.15, 0.2) is 11.6 Å². The molecule has 2 rings (SSSR count). The van der Waals surface area contributed by atoms with Gasteiger partial charge in [-0.3, -0.25) is 4.98 Å². The summed E-state index contributed by atoms with van der Waals surface area (Å²) < 4.78 is 18.0. The van der Waals surface area contributed by atoms with Crippen molar-refractivity contribution in [2.24, 2.45) is 0 Å². The first kappa shape index (κ1) is 10.3. The summed E-state index contributed by atoms with van der Waals surface area (Å²) in [5.41, 5.74) is 0.360. The van der Waals surface area contributed by atoms with E-state index in [-0.39, 0.29) is 5.75 Å². The Hall–Kier alpha value is -2.23. The van der Waals surface area contributed by atoms with Gasteiger partial charge in [-0.05, 0) is 12.1 Å². The van der Waals surface area contributed by atoms with Gasteiger partial charge >= 0.3 is 5.97 Å². The molecule has 0 aliphatic heterocycles. The van der Waals surface area contributed by atoms with Crippen molar-refractivity contribution >= 4 is 5.97 Å². The lowest BCUT2D eigenvalue weighted by Gasteiger charge is -2.03. The molecule has 0 saturated carbocycles. The highest BCUT2D eigenvalue weighted by Gasteiger charge is 2.10. The second-order valence-corrected chi connectivity index (χ2v) is 3.00. The SMILES string of the molecule is O=C(Oc1c[c]ncc1F)c1ccccc1. The van der Waals surface area contributed by atoms with Crippen LogP contribution in [0.1, 0.15) is 10.4 Å². The van der Waals surface area contributed by atoms with Crippen LogP contribution >= 0.6 is 0 Å². The van der Waals surface area contributed by atoms with Gasteiger partial charge in [-0.15, -0.1) is 0 Å². The number of hydrogen-bond acceptors (Lipinski definition) is 3. The molecular formula is C12H7FNO2. The Bertz CT molecular complexity index is 499. The van der Waals surface area contributed by atoms with E-state index in [1.54, 1.807) is 30.3 Å². The molecule has 16 heavy (non-hydrogen) atoms. The first-order valence-corrected chi connectivity index (χ1v) is 4.56. The topological polar surface area (TPSA) is 39.2 Å². The van der Waals surface area contributed by atoms with Gasteiger partial charge < -0.3 is 4.74 Å². The minimum atomic E-state index is -0.692. The summed E-state index contributed by atoms with van der Waals surface area (Å²) in [6, 6.07) is 9.53. The molecule has 0 spiro atoms. The molecule has 0 atom stereocenters. The highest BCUT2D eigenvalue weighted by molar-refractivity contribution is 5.90. The van der Waals surface area contributed by atoms with Crippen molar-refractivity contribution in [2.45, 2.75) is 0 Å². The van der Waals surface area contributed by atoms with Gasteiger partial charge in [0, 0.05) is 6.07 Å². The number of hydrogen-bond donors (Lipinski definition) is 0. The summed E-state index contributed by atoms with van der Waals surface area (Å²) in [5.74, 6) is -1.48. The van der Waals surface area contributed by atoms with Crippen molar-refractivity contribution in [3.63, 3.8) is 0 Å². The summed E-state index contributed by atoms with van der Waals surface area (Å²) in [7, 11) is 0. The van der Waals surface area contributed by atoms with E-state index in [0.29, 0.717) is 5.56 Å². The highest BCUT2D eigenvalue weighted by Crippen LogP contribution is 2.15. The van der Waals surface area contributed by atoms with Gasteiger partial charge in [-0.1, -0.05) is 18.2 Å². The number of ether oxygens (including phenoxy) is 1. The van der Waals surface area contributed by atoms with Crippen LogP contribution in [0.5, 0.6) is 5.75 Å². The van der Waals surface area contributed by atoms with Crippen LogP contribution in [0.3, 0.4) is 0 Å². The molecule has 1 aromatic carbocycles. The van der Waals surface area contributed by atoms with Crippen LogP contribution in [-0.2, 0) is 0 Å². The molecule has 0 aliphatic carbocycles. The summed E-state index contributed by atoms with van der Waals surface area (Å²) in [6.07, 6.45) is 3.33. The Balaban J connectivity index is 2.18. The zero-order chi connectivity index (χ0) is 11.4. The van der Waals surface area contributed by atoms with Gasteiger partial charge in [-0.25, -0.2) is 9.18 Å². The van der Waals surface area contributed by atoms with Crippen LogP contribution in [0.4, 0.5) is 4.39 Å². The van der Waals surface area contributed by atoms with Crippen molar-refractivity contribution in [2.75, 3.05) is 0 Å². The van der Waals surface area contributed by atoms with Gasteiger partial charge in [0.05, 0.1) is 18.0 Å². The number of benzene rings is 1. The molecule has 1 heterocycles. The third-order valence-electron chi connectivity index (χ3n) is 1.90. The molecule has 1 aromatic heterocycles. The smallest absolute Gasteiger partial charge is 0.343 e. The van der Waals surface area contributed by atoms with Crippen molar-refractivity contribution in [3.05, 3.63) is 60.2 Å². The maximum Gasteiger partial charge on any atom is 0.343 e. The summed E-state index contributed by atoms with van der Waals surface area (Å²) in [6.45, 7) is 0. The Kier molecular flexibility index (Phi) is 2.91. The first-order valence-electron chi connectivity index (χ1n) is 4.56. The zero-order valence-corrected chi connectivity index (χ0v) is 8.18. The fourth-order valence-electron chi connectivity index (χ4n) is 1.13. The average Bonchev–Trinajstić information content (AvgIpc) is 2.33. The van der Waals surface area contributed by atoms with Crippen molar-refractivity contribution in [3.8, 4) is 5.75 Å². The summed E-state index contributed by atoms with van der Waals surface area (Å²) >= 11 is 0. The standard InChI is InChI=1S/C12H7FNO2/c13-10-8-14-7-6-11(10)16-12(15)9-4-2-1-3-5-9/h1-6,8H. The van der Waals surface area contributed by atoms with Crippen LogP contribution in [-0.4, -0.2) is 11.0 Å². The lowest BCUT2D eigenvalue weighted by molar-refractivity contribution is 0.0727. The minimum absolute atomic E-state index is 0.177. The molecule has 1 radical (unpaired) electrons. The normalized spacial score (nSPS) is 9.81. The molecule has 0 amide bonds. The third-order valence-corrected chi connectivity index (χ3v) is 1.90. The van der Waals surface area contributed by atoms with E-state index in [4.69, 9.17) is 4.74 Å². The highest BCUT2D eigenvalue weighted by atomic mass is 19.1. The van der Waals surface area contributed by atoms with E-state index < -0.39 is 11.8 Å². The predicted octanol–water partition coefficient (Wildman–Crippen LogP) is 2.24. The van der Waals surface area contributed by atoms with Gasteiger partial charge in [0.2, 0.25) is 0 Å². The second kappa shape index (κ2) is 4.53. The molecule has 0 unspecified atom stereocenters. The quantitative estimate of drug-likeness (QED) is 0.722. The molecule has 4 heteroatoms. The molecule has 2 aromatic rings. The summed E-state index contributed by atoms with van der Waals surface area (Å²) in [4.78, 5) is 15.0. The molecule has 0 aliphatic rings. The fraction of sp³-hybridized carbons (Fsp3) is 0. The van der Waals surface area contributed by atoms with Crippen molar-refractivity contribution < 1.29 is 13.9 Å². The van der Waals surface area contributed by atoms with Crippen LogP contribution in [0.2, 0.25) is 0 Å². The van der Waals surface area contributed by atoms with E-state index in [1.165, 1.54) is 6.07 Å². The maximum atomic E-state index is 13.1. The van der Waals surface area contributed by atoms with E-state index >= 15 is 0 Å². The van der Waals surface area contributed by atoms with Gasteiger partial charge in [0.25, 0.3) is 0 Å². The Morgan fingerprint density at radius 3 is 2.75 bits per heavy atom. The van der Waals surface area contributed by atoms with E-state index in [0.717, 1.165) is 6.20 Å². The van der Waals surface area contributed by atoms with Crippen molar-refractivity contribution in [1.29, 1.82) is 0 Å². The molecule has 0 bridgehead atoms. The zero-order valence-electron chi connectivity index (χ0n) is 8.18. The van der Waals surface area contributed by atoms with Crippen molar-refractivity contribution in [1.82, 2.24) is 4.98 Å². The average molecular weight is 216 g/mol. The number of esters is 1. The van der Waals surface area contributed by atoms with E-state index in [1.807, 2.05) is 0 Å². The van der Waals surface area contributed by atoms with Crippen LogP contribution in [0, 0.1) is 12.0 Å². The molecule has 0 N–H and O–H groups in total. The number of carbonyl (C=O) groups is 1. The van der Waals surface area contributed by atoms with Crippen LogP contribution in [0.25, 0.3) is 0 Å². The second-order valence-electron chi connectivity index (χ2n) is 3.00. The minimum Gasteiger partial charge on any atom is -0.420 e. The Labute approximate surface area is 91.5 Å². The molecular weight excluding hydrogens is 209 g/mol. The van der Waals surface area contributed by atoms with Crippen LogP contribution in [0.15, 0.2) is 42.6 Å². The molecule has 0 saturated heterocycles. The number of nitrogens with zero attached hydrogens (tertiary/aromatic N) is 1. The van der Waals surface area contributed by atoms with E-state index in [2.05, 4.69) is 11.2 Å². The number of aromatic nitrogens is 1. The largest absolute Gasteiger partial charge is 0.420 e. The number of rotatable bonds is 2. The lowest BCUT2D eigenvalue weighted by Crippen LogP contribution is -2.09. The predicted molar refractivity (Wildman–Crippen MR) is 54.4 cm³/mol. The number of carbonyl (C=O) groups excluding carboxylic acids is 1. The molecule has 0 fully saturated rings. The third kappa shape index (κ3) is 2.23. The number of pyridine rings is 1. The van der Waals surface area contributed by atoms with Crippen LogP contribution < -0.4 is 4.74 Å². The Morgan fingerprint density at radius 2 is 2.06 bits per heavy atom. The van der Waals surface area contributed by atoms with E-state index in [9.17, 15) is 9.18 Å². The molecule has 79 valence electrons. The Morgan fingerprint density at radius 1 is 1.31 bits per heavy atom. The molecule has 3 nitrogen and oxygen atoms in total. The first-order chi connectivity index (χ1) is 7.77. The maximum absolute atomic E-state index is 13.1. The van der Waals surface area contributed by atoms with Gasteiger partial charge in [-0.2, -0.15) is 0 Å².